The molecule has 0 radical (unpaired) electrons. The topological polar surface area (TPSA) is 96.0 Å². The predicted molar refractivity (Wildman–Crippen MR) is 164 cm³/mol. The summed E-state index contributed by atoms with van der Waals surface area (Å²) in [6, 6.07) is 20.0. The van der Waals surface area contributed by atoms with Gasteiger partial charge < -0.3 is 15.0 Å². The number of carbonyl (C=O) groups is 2. The van der Waals surface area contributed by atoms with Gasteiger partial charge in [0.25, 0.3) is 0 Å². The Kier molecular flexibility index (Phi) is 11.9. The second-order valence-electron chi connectivity index (χ2n) is 9.44. The molecule has 8 nitrogen and oxygen atoms in total. The molecule has 3 aromatic rings. The first-order chi connectivity index (χ1) is 19.5. The first-order valence-electron chi connectivity index (χ1n) is 13.3. The molecule has 41 heavy (non-hydrogen) atoms. The Balaban J connectivity index is 2.08. The number of para-hydroxylation sites is 2. The van der Waals surface area contributed by atoms with Crippen LogP contribution in [0.25, 0.3) is 0 Å². The molecule has 0 fully saturated rings. The van der Waals surface area contributed by atoms with Crippen molar-refractivity contribution >= 4 is 50.7 Å². The molecule has 0 aromatic heterocycles. The summed E-state index contributed by atoms with van der Waals surface area (Å²) in [5.41, 5.74) is 1.71. The minimum Gasteiger partial charge on any atom is -0.492 e. The fraction of sp³-hybridized carbons (Fsp3) is 0.333. The SMILES string of the molecule is CCCNC(=O)[C@H](Cc1ccccc1)N(Cc1ccc(Cl)c(Cl)c1)C(=O)CN(c1ccccc1OCC)S(C)(=O)=O. The highest BCUT2D eigenvalue weighted by molar-refractivity contribution is 7.92. The molecule has 0 aliphatic rings. The average Bonchev–Trinajstić information content (AvgIpc) is 2.94. The molecule has 0 unspecified atom stereocenters. The fourth-order valence-electron chi connectivity index (χ4n) is 4.29. The molecule has 1 atom stereocenters. The zero-order valence-electron chi connectivity index (χ0n) is 23.3. The van der Waals surface area contributed by atoms with Crippen molar-refractivity contribution in [3.8, 4) is 5.75 Å². The summed E-state index contributed by atoms with van der Waals surface area (Å²) in [6.45, 7) is 3.91. The van der Waals surface area contributed by atoms with Gasteiger partial charge in [-0.3, -0.25) is 13.9 Å². The van der Waals surface area contributed by atoms with Gasteiger partial charge in [-0.25, -0.2) is 8.42 Å². The first-order valence-corrected chi connectivity index (χ1v) is 15.9. The molecule has 1 N–H and O–H groups in total. The summed E-state index contributed by atoms with van der Waals surface area (Å²) < 4.78 is 32.7. The molecule has 0 bridgehead atoms. The average molecular weight is 621 g/mol. The maximum Gasteiger partial charge on any atom is 0.244 e. The van der Waals surface area contributed by atoms with Crippen LogP contribution >= 0.6 is 23.2 Å². The minimum absolute atomic E-state index is 0.00250. The molecule has 3 rings (SSSR count). The highest BCUT2D eigenvalue weighted by Crippen LogP contribution is 2.30. The van der Waals surface area contributed by atoms with Crippen LogP contribution in [0.4, 0.5) is 5.69 Å². The number of carbonyl (C=O) groups excluding carboxylic acids is 2. The summed E-state index contributed by atoms with van der Waals surface area (Å²) >= 11 is 12.4. The minimum atomic E-state index is -3.92. The van der Waals surface area contributed by atoms with Gasteiger partial charge in [0, 0.05) is 19.5 Å². The van der Waals surface area contributed by atoms with Gasteiger partial charge in [0.15, 0.2) is 0 Å². The lowest BCUT2D eigenvalue weighted by atomic mass is 10.0. The van der Waals surface area contributed by atoms with Crippen molar-refractivity contribution in [1.29, 1.82) is 0 Å². The van der Waals surface area contributed by atoms with Crippen molar-refractivity contribution in [1.82, 2.24) is 10.2 Å². The highest BCUT2D eigenvalue weighted by atomic mass is 35.5. The van der Waals surface area contributed by atoms with Crippen molar-refractivity contribution < 1.29 is 22.7 Å². The Morgan fingerprint density at radius 1 is 0.927 bits per heavy atom. The molecule has 0 aliphatic heterocycles. The van der Waals surface area contributed by atoms with Crippen LogP contribution in [-0.4, -0.2) is 57.1 Å². The van der Waals surface area contributed by atoms with Gasteiger partial charge in [0.1, 0.15) is 18.3 Å². The lowest BCUT2D eigenvalue weighted by Crippen LogP contribution is -2.53. The van der Waals surface area contributed by atoms with E-state index < -0.39 is 28.5 Å². The lowest BCUT2D eigenvalue weighted by Gasteiger charge is -2.33. The molecule has 220 valence electrons. The Morgan fingerprint density at radius 3 is 2.24 bits per heavy atom. The first kappa shape index (κ1) is 32.2. The van der Waals surface area contributed by atoms with E-state index in [9.17, 15) is 18.0 Å². The second kappa shape index (κ2) is 15.1. The summed E-state index contributed by atoms with van der Waals surface area (Å²) in [5, 5.41) is 3.56. The van der Waals surface area contributed by atoms with Crippen LogP contribution in [0, 0.1) is 0 Å². The van der Waals surface area contributed by atoms with Crippen molar-refractivity contribution in [2.24, 2.45) is 0 Å². The van der Waals surface area contributed by atoms with Gasteiger partial charge in [0.05, 0.1) is 28.6 Å². The lowest BCUT2D eigenvalue weighted by molar-refractivity contribution is -0.140. The number of anilines is 1. The number of amides is 2. The number of halogens is 2. The largest absolute Gasteiger partial charge is 0.492 e. The number of nitrogens with one attached hydrogen (secondary N) is 1. The zero-order chi connectivity index (χ0) is 30.0. The smallest absolute Gasteiger partial charge is 0.244 e. The van der Waals surface area contributed by atoms with Crippen molar-refractivity contribution in [2.45, 2.75) is 39.3 Å². The van der Waals surface area contributed by atoms with Gasteiger partial charge in [-0.15, -0.1) is 0 Å². The van der Waals surface area contributed by atoms with Gasteiger partial charge in [-0.2, -0.15) is 0 Å². The van der Waals surface area contributed by atoms with Gasteiger partial charge in [0.2, 0.25) is 21.8 Å². The highest BCUT2D eigenvalue weighted by Gasteiger charge is 2.33. The van der Waals surface area contributed by atoms with Crippen LogP contribution in [0.1, 0.15) is 31.4 Å². The van der Waals surface area contributed by atoms with Crippen molar-refractivity contribution in [3.05, 3.63) is 94.0 Å². The monoisotopic (exact) mass is 619 g/mol. The van der Waals surface area contributed by atoms with E-state index in [4.69, 9.17) is 27.9 Å². The van der Waals surface area contributed by atoms with Crippen LogP contribution in [0.5, 0.6) is 5.75 Å². The number of hydrogen-bond acceptors (Lipinski definition) is 5. The summed E-state index contributed by atoms with van der Waals surface area (Å²) in [6.07, 6.45) is 1.96. The van der Waals surface area contributed by atoms with Gasteiger partial charge in [-0.1, -0.05) is 78.7 Å². The third kappa shape index (κ3) is 9.11. The van der Waals surface area contributed by atoms with Crippen LogP contribution in [0.3, 0.4) is 0 Å². The number of sulfonamides is 1. The maximum atomic E-state index is 14.1. The number of ether oxygens (including phenoxy) is 1. The molecule has 3 aromatic carbocycles. The molecule has 0 heterocycles. The zero-order valence-corrected chi connectivity index (χ0v) is 25.7. The van der Waals surface area contributed by atoms with Crippen LogP contribution in [-0.2, 0) is 32.6 Å². The van der Waals surface area contributed by atoms with Gasteiger partial charge >= 0.3 is 0 Å². The van der Waals surface area contributed by atoms with Crippen molar-refractivity contribution in [2.75, 3.05) is 30.3 Å². The molecule has 11 heteroatoms. The van der Waals surface area contributed by atoms with E-state index in [-0.39, 0.29) is 24.6 Å². The maximum absolute atomic E-state index is 14.1. The molecule has 0 saturated heterocycles. The molecular weight excluding hydrogens is 585 g/mol. The molecule has 2 amide bonds. The van der Waals surface area contributed by atoms with E-state index in [2.05, 4.69) is 5.32 Å². The quantitative estimate of drug-likeness (QED) is 0.263. The van der Waals surface area contributed by atoms with Crippen molar-refractivity contribution in [3.63, 3.8) is 0 Å². The summed E-state index contributed by atoms with van der Waals surface area (Å²) in [7, 11) is -3.92. The molecule has 0 spiro atoms. The van der Waals surface area contributed by atoms with E-state index in [1.54, 1.807) is 49.4 Å². The van der Waals surface area contributed by atoms with E-state index in [0.29, 0.717) is 40.9 Å². The predicted octanol–water partition coefficient (Wildman–Crippen LogP) is 5.32. The van der Waals surface area contributed by atoms with E-state index in [0.717, 1.165) is 16.1 Å². The number of rotatable bonds is 14. The summed E-state index contributed by atoms with van der Waals surface area (Å²) in [5.74, 6) is -0.587. The molecule has 0 aliphatic carbocycles. The fourth-order valence-corrected chi connectivity index (χ4v) is 5.46. The molecule has 0 saturated carbocycles. The van der Waals surface area contributed by atoms with Crippen LogP contribution in [0.2, 0.25) is 10.0 Å². The van der Waals surface area contributed by atoms with E-state index >= 15 is 0 Å². The van der Waals surface area contributed by atoms with Gasteiger partial charge in [-0.05, 0) is 48.7 Å². The van der Waals surface area contributed by atoms with Crippen LogP contribution in [0.15, 0.2) is 72.8 Å². The Morgan fingerprint density at radius 2 is 1.61 bits per heavy atom. The number of hydrogen-bond donors (Lipinski definition) is 1. The standard InChI is InChI=1S/C30H35Cl2N3O5S/c1-4-17-33-30(37)27(19-22-11-7-6-8-12-22)34(20-23-15-16-24(31)25(32)18-23)29(36)21-35(41(3,38)39)26-13-9-10-14-28(26)40-5-2/h6-16,18,27H,4-5,17,19-21H2,1-3H3,(H,33,37)/t27-/m0/s1. The summed E-state index contributed by atoms with van der Waals surface area (Å²) in [4.78, 5) is 29.1. The Bertz CT molecular complexity index is 1440. The number of nitrogens with zero attached hydrogens (tertiary/aromatic N) is 2. The van der Waals surface area contributed by atoms with E-state index in [1.165, 1.54) is 4.90 Å². The van der Waals surface area contributed by atoms with Crippen LogP contribution < -0.4 is 14.4 Å². The number of benzene rings is 3. The Labute approximate surface area is 252 Å². The van der Waals surface area contributed by atoms with E-state index in [1.807, 2.05) is 37.3 Å². The Hall–Kier alpha value is -3.27. The third-order valence-electron chi connectivity index (χ3n) is 6.27. The molecular formula is C30H35Cl2N3O5S. The third-order valence-corrected chi connectivity index (χ3v) is 8.14. The second-order valence-corrected chi connectivity index (χ2v) is 12.2. The normalized spacial score (nSPS) is 11.9.